The maximum atomic E-state index is 12.4. The summed E-state index contributed by atoms with van der Waals surface area (Å²) in [4.78, 5) is 12.4. The molecule has 1 unspecified atom stereocenters. The Morgan fingerprint density at radius 3 is 2.40 bits per heavy atom. The maximum absolute atomic E-state index is 12.4. The van der Waals surface area contributed by atoms with Gasteiger partial charge in [0, 0.05) is 5.69 Å². The predicted octanol–water partition coefficient (Wildman–Crippen LogP) is 3.92. The van der Waals surface area contributed by atoms with Gasteiger partial charge in [0.25, 0.3) is 0 Å². The molecular weight excluding hydrogens is 246 g/mol. The first kappa shape index (κ1) is 11.2. The van der Waals surface area contributed by atoms with E-state index in [0.717, 1.165) is 22.2 Å². The van der Waals surface area contributed by atoms with E-state index in [1.54, 1.807) is 0 Å². The summed E-state index contributed by atoms with van der Waals surface area (Å²) in [7, 11) is 0. The first-order chi connectivity index (χ1) is 9.84. The van der Waals surface area contributed by atoms with Crippen LogP contribution in [0, 0.1) is 0 Å². The number of carbonyl (C=O) groups is 1. The number of nitrogens with one attached hydrogen (secondary N) is 1. The number of amides is 1. The van der Waals surface area contributed by atoms with Crippen molar-refractivity contribution in [3.05, 3.63) is 77.9 Å². The molecule has 3 aromatic carbocycles. The van der Waals surface area contributed by atoms with Gasteiger partial charge in [-0.2, -0.15) is 0 Å². The molecule has 0 spiro atoms. The summed E-state index contributed by atoms with van der Waals surface area (Å²) in [5.74, 6) is -0.153. The number of hydrogen-bond donors (Lipinski definition) is 1. The third-order valence-electron chi connectivity index (χ3n) is 3.93. The normalized spacial score (nSPS) is 17.0. The average molecular weight is 259 g/mol. The number of hydrogen-bond acceptors (Lipinski definition) is 1. The first-order valence-electron chi connectivity index (χ1n) is 6.72. The second-order valence-corrected chi connectivity index (χ2v) is 5.08. The van der Waals surface area contributed by atoms with Crippen LogP contribution in [0.1, 0.15) is 17.0 Å². The Morgan fingerprint density at radius 2 is 1.45 bits per heavy atom. The van der Waals surface area contributed by atoms with Crippen LogP contribution in [-0.4, -0.2) is 5.91 Å². The Hall–Kier alpha value is -2.61. The van der Waals surface area contributed by atoms with Gasteiger partial charge in [-0.3, -0.25) is 4.79 Å². The lowest BCUT2D eigenvalue weighted by Crippen LogP contribution is -2.13. The van der Waals surface area contributed by atoms with Crippen molar-refractivity contribution >= 4 is 22.4 Å². The van der Waals surface area contributed by atoms with Gasteiger partial charge in [0.05, 0.1) is 5.92 Å². The van der Waals surface area contributed by atoms with Crippen molar-refractivity contribution < 1.29 is 4.79 Å². The van der Waals surface area contributed by atoms with Crippen LogP contribution in [0.4, 0.5) is 5.69 Å². The molecule has 0 aromatic heterocycles. The summed E-state index contributed by atoms with van der Waals surface area (Å²) in [6.07, 6.45) is 0. The van der Waals surface area contributed by atoms with Crippen LogP contribution in [0.2, 0.25) is 0 Å². The molecule has 1 aliphatic rings. The van der Waals surface area contributed by atoms with Gasteiger partial charge in [0.1, 0.15) is 0 Å². The highest BCUT2D eigenvalue weighted by atomic mass is 16.2. The average Bonchev–Trinajstić information content (AvgIpc) is 2.82. The van der Waals surface area contributed by atoms with Gasteiger partial charge in [-0.25, -0.2) is 0 Å². The minimum atomic E-state index is -0.211. The van der Waals surface area contributed by atoms with Crippen LogP contribution >= 0.6 is 0 Å². The molecule has 2 heteroatoms. The predicted molar refractivity (Wildman–Crippen MR) is 80.9 cm³/mol. The molecule has 1 amide bonds. The fraction of sp³-hybridized carbons (Fsp3) is 0.0556. The van der Waals surface area contributed by atoms with E-state index in [2.05, 4.69) is 29.6 Å². The van der Waals surface area contributed by atoms with Crippen molar-refractivity contribution in [2.45, 2.75) is 5.92 Å². The molecule has 1 heterocycles. The molecule has 0 saturated carbocycles. The lowest BCUT2D eigenvalue weighted by atomic mass is 9.89. The number of para-hydroxylation sites is 1. The third-order valence-corrected chi connectivity index (χ3v) is 3.93. The molecular formula is C18H13NO. The topological polar surface area (TPSA) is 29.1 Å². The molecule has 4 rings (SSSR count). The highest BCUT2D eigenvalue weighted by molar-refractivity contribution is 6.07. The first-order valence-corrected chi connectivity index (χ1v) is 6.72. The molecule has 0 bridgehead atoms. The molecule has 0 fully saturated rings. The van der Waals surface area contributed by atoms with Crippen molar-refractivity contribution in [2.75, 3.05) is 5.32 Å². The quantitative estimate of drug-likeness (QED) is 0.705. The van der Waals surface area contributed by atoms with Crippen LogP contribution < -0.4 is 5.32 Å². The van der Waals surface area contributed by atoms with Gasteiger partial charge in [-0.1, -0.05) is 60.7 Å². The van der Waals surface area contributed by atoms with Crippen molar-refractivity contribution in [2.24, 2.45) is 0 Å². The van der Waals surface area contributed by atoms with Gasteiger partial charge in [-0.15, -0.1) is 0 Å². The molecule has 0 radical (unpaired) electrons. The zero-order valence-electron chi connectivity index (χ0n) is 10.8. The highest BCUT2D eigenvalue weighted by Gasteiger charge is 2.32. The molecule has 96 valence electrons. The lowest BCUT2D eigenvalue weighted by Gasteiger charge is -2.12. The zero-order valence-corrected chi connectivity index (χ0v) is 10.8. The van der Waals surface area contributed by atoms with E-state index in [0.29, 0.717) is 0 Å². The summed E-state index contributed by atoms with van der Waals surface area (Å²) < 4.78 is 0. The number of carbonyl (C=O) groups excluding carboxylic acids is 1. The molecule has 0 aliphatic carbocycles. The number of rotatable bonds is 1. The van der Waals surface area contributed by atoms with E-state index in [9.17, 15) is 4.79 Å². The van der Waals surface area contributed by atoms with Crippen molar-refractivity contribution in [3.8, 4) is 0 Å². The number of fused-ring (bicyclic) bond motifs is 2. The van der Waals surface area contributed by atoms with Crippen LogP contribution in [0.5, 0.6) is 0 Å². The SMILES string of the molecule is O=C1Nc2ccccc2C1c1cccc2ccccc12. The second-order valence-electron chi connectivity index (χ2n) is 5.08. The molecule has 1 atom stereocenters. The molecule has 0 saturated heterocycles. The van der Waals surface area contributed by atoms with E-state index < -0.39 is 0 Å². The van der Waals surface area contributed by atoms with Crippen LogP contribution in [0.25, 0.3) is 10.8 Å². The summed E-state index contributed by atoms with van der Waals surface area (Å²) in [5, 5.41) is 5.29. The highest BCUT2D eigenvalue weighted by Crippen LogP contribution is 2.39. The van der Waals surface area contributed by atoms with Gasteiger partial charge in [0.15, 0.2) is 0 Å². The van der Waals surface area contributed by atoms with E-state index in [1.807, 2.05) is 42.5 Å². The van der Waals surface area contributed by atoms with E-state index >= 15 is 0 Å². The van der Waals surface area contributed by atoms with Crippen LogP contribution in [0.15, 0.2) is 66.7 Å². The Balaban J connectivity index is 1.98. The Bertz CT molecular complexity index is 817. The minimum absolute atomic E-state index is 0.0579. The Labute approximate surface area is 117 Å². The smallest absolute Gasteiger partial charge is 0.236 e. The van der Waals surface area contributed by atoms with Crippen LogP contribution in [0.3, 0.4) is 0 Å². The molecule has 3 aromatic rings. The molecule has 1 aliphatic heterocycles. The Morgan fingerprint density at radius 1 is 0.750 bits per heavy atom. The fourth-order valence-electron chi connectivity index (χ4n) is 3.02. The van der Waals surface area contributed by atoms with Gasteiger partial charge in [0.2, 0.25) is 5.91 Å². The van der Waals surface area contributed by atoms with E-state index in [1.165, 1.54) is 5.39 Å². The lowest BCUT2D eigenvalue weighted by molar-refractivity contribution is -0.116. The number of anilines is 1. The monoisotopic (exact) mass is 259 g/mol. The Kier molecular flexibility index (Phi) is 2.36. The zero-order chi connectivity index (χ0) is 13.5. The van der Waals surface area contributed by atoms with E-state index in [4.69, 9.17) is 0 Å². The van der Waals surface area contributed by atoms with Crippen LogP contribution in [-0.2, 0) is 4.79 Å². The maximum Gasteiger partial charge on any atom is 0.236 e. The minimum Gasteiger partial charge on any atom is -0.325 e. The standard InChI is InChI=1S/C18H13NO/c20-18-17(15-9-3-4-11-16(15)19-18)14-10-5-7-12-6-1-2-8-13(12)14/h1-11,17H,(H,19,20). The molecule has 1 N–H and O–H groups in total. The van der Waals surface area contributed by atoms with Gasteiger partial charge in [-0.05, 0) is 28.0 Å². The summed E-state index contributed by atoms with van der Waals surface area (Å²) in [6, 6.07) is 22.3. The van der Waals surface area contributed by atoms with Crippen molar-refractivity contribution in [3.63, 3.8) is 0 Å². The third kappa shape index (κ3) is 1.55. The van der Waals surface area contributed by atoms with Gasteiger partial charge >= 0.3 is 0 Å². The number of benzene rings is 3. The second kappa shape index (κ2) is 4.20. The van der Waals surface area contributed by atoms with Crippen molar-refractivity contribution in [1.29, 1.82) is 0 Å². The van der Waals surface area contributed by atoms with E-state index in [-0.39, 0.29) is 11.8 Å². The molecule has 20 heavy (non-hydrogen) atoms. The summed E-state index contributed by atoms with van der Waals surface area (Å²) >= 11 is 0. The summed E-state index contributed by atoms with van der Waals surface area (Å²) in [6.45, 7) is 0. The van der Waals surface area contributed by atoms with Crippen molar-refractivity contribution in [1.82, 2.24) is 0 Å². The van der Waals surface area contributed by atoms with Gasteiger partial charge < -0.3 is 5.32 Å². The summed E-state index contributed by atoms with van der Waals surface area (Å²) in [5.41, 5.74) is 3.06. The fourth-order valence-corrected chi connectivity index (χ4v) is 3.02. The molecule has 2 nitrogen and oxygen atoms in total. The largest absolute Gasteiger partial charge is 0.325 e.